The maximum absolute atomic E-state index is 8.91. The van der Waals surface area contributed by atoms with Crippen LogP contribution in [0.4, 0.5) is 0 Å². The third-order valence-electron chi connectivity index (χ3n) is 2.48. The van der Waals surface area contributed by atoms with Crippen LogP contribution in [0.15, 0.2) is 12.2 Å². The van der Waals surface area contributed by atoms with Crippen LogP contribution >= 0.6 is 0 Å². The minimum absolute atomic E-state index is 0.0359. The van der Waals surface area contributed by atoms with Crippen molar-refractivity contribution in [2.75, 3.05) is 0 Å². The van der Waals surface area contributed by atoms with E-state index in [1.807, 2.05) is 0 Å². The number of hydrogen-bond acceptors (Lipinski definition) is 1. The van der Waals surface area contributed by atoms with E-state index in [9.17, 15) is 0 Å². The first kappa shape index (κ1) is 9.79. The molecule has 2 aliphatic carbocycles. The summed E-state index contributed by atoms with van der Waals surface area (Å²) in [4.78, 5) is 0. The van der Waals surface area contributed by atoms with Crippen LogP contribution in [0.3, 0.4) is 0 Å². The number of aliphatic hydroxyl groups is 1. The Morgan fingerprint density at radius 2 is 1.42 bits per heavy atom. The molecule has 0 aliphatic heterocycles. The van der Waals surface area contributed by atoms with Crippen LogP contribution in [0.5, 0.6) is 0 Å². The smallest absolute Gasteiger partial charge is 0.0540 e. The molecule has 70 valence electrons. The topological polar surface area (TPSA) is 20.2 Å². The van der Waals surface area contributed by atoms with Gasteiger partial charge >= 0.3 is 0 Å². The first-order valence-corrected chi connectivity index (χ1v) is 5.22. The Bertz CT molecular complexity index is 117. The second-order valence-electron chi connectivity index (χ2n) is 3.69. The molecular formula is C11H20O. The molecule has 0 aromatic carbocycles. The lowest BCUT2D eigenvalue weighted by Gasteiger charge is -2.14. The van der Waals surface area contributed by atoms with Gasteiger partial charge in [0, 0.05) is 0 Å². The average molecular weight is 168 g/mol. The highest BCUT2D eigenvalue weighted by Crippen LogP contribution is 2.16. The minimum Gasteiger partial charge on any atom is -0.393 e. The molecular weight excluding hydrogens is 148 g/mol. The number of hydrogen-bond donors (Lipinski definition) is 1. The van der Waals surface area contributed by atoms with Gasteiger partial charge in [-0.3, -0.25) is 0 Å². The molecule has 0 atom stereocenters. The van der Waals surface area contributed by atoms with Crippen molar-refractivity contribution in [3.05, 3.63) is 12.2 Å². The van der Waals surface area contributed by atoms with Crippen molar-refractivity contribution in [2.24, 2.45) is 0 Å². The highest BCUT2D eigenvalue weighted by atomic mass is 16.3. The molecule has 12 heavy (non-hydrogen) atoms. The largest absolute Gasteiger partial charge is 0.393 e. The lowest BCUT2D eigenvalue weighted by molar-refractivity contribution is 0.130. The van der Waals surface area contributed by atoms with Crippen molar-refractivity contribution in [2.45, 2.75) is 57.5 Å². The van der Waals surface area contributed by atoms with E-state index >= 15 is 0 Å². The molecule has 0 heterocycles. The third-order valence-corrected chi connectivity index (χ3v) is 2.48. The maximum atomic E-state index is 8.91. The molecule has 1 fully saturated rings. The summed E-state index contributed by atoms with van der Waals surface area (Å²) in [5.74, 6) is 0. The summed E-state index contributed by atoms with van der Waals surface area (Å²) >= 11 is 0. The Kier molecular flexibility index (Phi) is 5.09. The minimum atomic E-state index is 0.0359. The number of allylic oxidation sites excluding steroid dienone is 2. The van der Waals surface area contributed by atoms with Gasteiger partial charge in [-0.15, -0.1) is 0 Å². The van der Waals surface area contributed by atoms with Crippen LogP contribution in [0.25, 0.3) is 0 Å². The van der Waals surface area contributed by atoms with E-state index in [1.165, 1.54) is 38.5 Å². The fourth-order valence-electron chi connectivity index (χ4n) is 1.67. The monoisotopic (exact) mass is 168 g/mol. The van der Waals surface area contributed by atoms with Crippen molar-refractivity contribution in [1.82, 2.24) is 0 Å². The molecule has 0 spiro atoms. The molecule has 0 radical (unpaired) electrons. The molecule has 2 aliphatic rings. The lowest BCUT2D eigenvalue weighted by atomic mass is 9.98. The van der Waals surface area contributed by atoms with Gasteiger partial charge in [-0.2, -0.15) is 0 Å². The van der Waals surface area contributed by atoms with Gasteiger partial charge in [-0.25, -0.2) is 0 Å². The first-order valence-electron chi connectivity index (χ1n) is 5.22. The lowest BCUT2D eigenvalue weighted by Crippen LogP contribution is -2.09. The van der Waals surface area contributed by atoms with E-state index in [4.69, 9.17) is 5.11 Å². The Hall–Kier alpha value is -0.300. The standard InChI is InChI=1S/C6H12O.C5H8/c7-6-4-2-1-3-5-6;1-2-4-5-3-1/h6-7H,1-5H2;1-2H,3-5H2. The zero-order valence-corrected chi connectivity index (χ0v) is 7.84. The SMILES string of the molecule is C1=CCCC1.OC1CCCCC1. The van der Waals surface area contributed by atoms with E-state index in [2.05, 4.69) is 12.2 Å². The van der Waals surface area contributed by atoms with Gasteiger partial charge in [0.1, 0.15) is 0 Å². The van der Waals surface area contributed by atoms with Gasteiger partial charge in [0.05, 0.1) is 6.10 Å². The summed E-state index contributed by atoms with van der Waals surface area (Å²) in [6.07, 6.45) is 14.4. The van der Waals surface area contributed by atoms with E-state index in [0.29, 0.717) is 0 Å². The van der Waals surface area contributed by atoms with Crippen LogP contribution in [-0.2, 0) is 0 Å². The predicted molar refractivity (Wildman–Crippen MR) is 52.1 cm³/mol. The fraction of sp³-hybridized carbons (Fsp3) is 0.818. The van der Waals surface area contributed by atoms with E-state index in [1.54, 1.807) is 0 Å². The molecule has 1 nitrogen and oxygen atoms in total. The molecule has 0 aromatic heterocycles. The molecule has 2 rings (SSSR count). The Morgan fingerprint density at radius 1 is 0.833 bits per heavy atom. The summed E-state index contributed by atoms with van der Waals surface area (Å²) in [6.45, 7) is 0. The first-order chi connectivity index (χ1) is 5.89. The fourth-order valence-corrected chi connectivity index (χ4v) is 1.67. The molecule has 0 unspecified atom stereocenters. The molecule has 0 bridgehead atoms. The number of rotatable bonds is 0. The van der Waals surface area contributed by atoms with Crippen molar-refractivity contribution >= 4 is 0 Å². The van der Waals surface area contributed by atoms with Gasteiger partial charge in [-0.1, -0.05) is 31.4 Å². The molecule has 1 saturated carbocycles. The van der Waals surface area contributed by atoms with Crippen molar-refractivity contribution in [3.8, 4) is 0 Å². The van der Waals surface area contributed by atoms with E-state index < -0.39 is 0 Å². The number of aliphatic hydroxyl groups excluding tert-OH is 1. The molecule has 0 saturated heterocycles. The van der Waals surface area contributed by atoms with Crippen LogP contribution in [0, 0.1) is 0 Å². The third kappa shape index (κ3) is 4.55. The second-order valence-corrected chi connectivity index (χ2v) is 3.69. The summed E-state index contributed by atoms with van der Waals surface area (Å²) in [5, 5.41) is 8.91. The highest BCUT2D eigenvalue weighted by Gasteiger charge is 2.07. The summed E-state index contributed by atoms with van der Waals surface area (Å²) in [5.41, 5.74) is 0. The second kappa shape index (κ2) is 6.24. The predicted octanol–water partition coefficient (Wildman–Crippen LogP) is 3.04. The van der Waals surface area contributed by atoms with Gasteiger partial charge in [0.25, 0.3) is 0 Å². The molecule has 0 amide bonds. The van der Waals surface area contributed by atoms with Crippen LogP contribution < -0.4 is 0 Å². The quantitative estimate of drug-likeness (QED) is 0.551. The van der Waals surface area contributed by atoms with Gasteiger partial charge in [0.2, 0.25) is 0 Å². The normalized spacial score (nSPS) is 23.4. The van der Waals surface area contributed by atoms with Crippen molar-refractivity contribution in [1.29, 1.82) is 0 Å². The Balaban J connectivity index is 0.000000127. The van der Waals surface area contributed by atoms with Gasteiger partial charge in [0.15, 0.2) is 0 Å². The Morgan fingerprint density at radius 3 is 1.67 bits per heavy atom. The van der Waals surface area contributed by atoms with Crippen LogP contribution in [0.2, 0.25) is 0 Å². The van der Waals surface area contributed by atoms with Gasteiger partial charge < -0.3 is 5.11 Å². The van der Waals surface area contributed by atoms with Crippen LogP contribution in [0.1, 0.15) is 51.4 Å². The van der Waals surface area contributed by atoms with Crippen molar-refractivity contribution < 1.29 is 5.11 Å². The summed E-state index contributed by atoms with van der Waals surface area (Å²) in [7, 11) is 0. The summed E-state index contributed by atoms with van der Waals surface area (Å²) in [6, 6.07) is 0. The van der Waals surface area contributed by atoms with E-state index in [-0.39, 0.29) is 6.10 Å². The van der Waals surface area contributed by atoms with Gasteiger partial charge in [-0.05, 0) is 32.1 Å². The zero-order valence-electron chi connectivity index (χ0n) is 7.84. The van der Waals surface area contributed by atoms with E-state index in [0.717, 1.165) is 12.8 Å². The summed E-state index contributed by atoms with van der Waals surface area (Å²) < 4.78 is 0. The highest BCUT2D eigenvalue weighted by molar-refractivity contribution is 4.88. The Labute approximate surface area is 75.5 Å². The maximum Gasteiger partial charge on any atom is 0.0540 e. The van der Waals surface area contributed by atoms with Crippen molar-refractivity contribution in [3.63, 3.8) is 0 Å². The zero-order chi connectivity index (χ0) is 8.65. The van der Waals surface area contributed by atoms with Crippen LogP contribution in [-0.4, -0.2) is 11.2 Å². The average Bonchev–Trinajstić information content (AvgIpc) is 2.62. The molecule has 1 N–H and O–H groups in total. The molecule has 0 aromatic rings. The molecule has 1 heteroatoms.